The second kappa shape index (κ2) is 7.06. The minimum atomic E-state index is -1.08. The maximum Gasteiger partial charge on any atom is 0.328 e. The molecule has 1 amide bonds. The number of thiazole rings is 1. The van der Waals surface area contributed by atoms with E-state index in [9.17, 15) is 19.1 Å². The molecular weight excluding hydrogens is 335 g/mol. The van der Waals surface area contributed by atoms with Crippen molar-refractivity contribution in [3.8, 4) is 10.6 Å². The molecule has 8 heteroatoms. The summed E-state index contributed by atoms with van der Waals surface area (Å²) in [4.78, 5) is 29.3. The van der Waals surface area contributed by atoms with Crippen molar-refractivity contribution >= 4 is 23.2 Å². The van der Waals surface area contributed by atoms with Crippen LogP contribution < -0.4 is 0 Å². The van der Waals surface area contributed by atoms with E-state index in [1.165, 1.54) is 28.4 Å². The first-order valence-corrected chi connectivity index (χ1v) is 8.23. The molecule has 24 heavy (non-hydrogen) atoms. The first-order chi connectivity index (χ1) is 11.5. The number of carbonyl (C=O) groups excluding carboxylic acids is 1. The Morgan fingerprint density at radius 2 is 2.29 bits per heavy atom. The van der Waals surface area contributed by atoms with E-state index in [0.717, 1.165) is 0 Å². The van der Waals surface area contributed by atoms with Crippen LogP contribution in [0.5, 0.6) is 0 Å². The van der Waals surface area contributed by atoms with Crippen LogP contribution in [0.1, 0.15) is 5.69 Å². The highest BCUT2D eigenvalue weighted by atomic mass is 32.1. The van der Waals surface area contributed by atoms with Crippen molar-refractivity contribution in [3.05, 3.63) is 41.2 Å². The molecule has 1 aromatic heterocycles. The van der Waals surface area contributed by atoms with Gasteiger partial charge in [-0.3, -0.25) is 4.79 Å². The second-order valence-electron chi connectivity index (χ2n) is 5.35. The van der Waals surface area contributed by atoms with Crippen LogP contribution in [-0.2, 0) is 20.7 Å². The van der Waals surface area contributed by atoms with E-state index < -0.39 is 12.0 Å². The summed E-state index contributed by atoms with van der Waals surface area (Å²) in [6.07, 6.45) is 0.00952. The van der Waals surface area contributed by atoms with Gasteiger partial charge in [-0.15, -0.1) is 11.3 Å². The van der Waals surface area contributed by atoms with Gasteiger partial charge >= 0.3 is 5.97 Å². The lowest BCUT2D eigenvalue weighted by molar-refractivity contribution is -0.158. The highest BCUT2D eigenvalue weighted by Crippen LogP contribution is 2.24. The molecule has 3 rings (SSSR count). The number of carboxylic acids is 1. The van der Waals surface area contributed by atoms with Crippen LogP contribution in [0.2, 0.25) is 0 Å². The van der Waals surface area contributed by atoms with E-state index in [1.807, 2.05) is 0 Å². The number of benzene rings is 1. The summed E-state index contributed by atoms with van der Waals surface area (Å²) in [5, 5.41) is 11.5. The van der Waals surface area contributed by atoms with E-state index in [2.05, 4.69) is 4.98 Å². The Morgan fingerprint density at radius 1 is 1.46 bits per heavy atom. The van der Waals surface area contributed by atoms with Crippen LogP contribution in [-0.4, -0.2) is 52.7 Å². The zero-order chi connectivity index (χ0) is 17.1. The number of carbonyl (C=O) groups is 2. The average Bonchev–Trinajstić information content (AvgIpc) is 3.03. The largest absolute Gasteiger partial charge is 0.480 e. The number of halogens is 1. The topological polar surface area (TPSA) is 79.7 Å². The Balaban J connectivity index is 1.72. The Morgan fingerprint density at radius 3 is 3.04 bits per heavy atom. The highest BCUT2D eigenvalue weighted by molar-refractivity contribution is 7.13. The molecule has 1 aliphatic rings. The predicted molar refractivity (Wildman–Crippen MR) is 85.2 cm³/mol. The first-order valence-electron chi connectivity index (χ1n) is 7.35. The zero-order valence-electron chi connectivity index (χ0n) is 12.6. The molecular formula is C16H15FN2O4S. The predicted octanol–water partition coefficient (Wildman–Crippen LogP) is 1.80. The fraction of sp³-hybridized carbons (Fsp3) is 0.312. The average molecular weight is 350 g/mol. The van der Waals surface area contributed by atoms with Gasteiger partial charge < -0.3 is 14.7 Å². The summed E-state index contributed by atoms with van der Waals surface area (Å²) in [6, 6.07) is 5.12. The molecule has 0 saturated carbocycles. The van der Waals surface area contributed by atoms with Crippen molar-refractivity contribution in [2.24, 2.45) is 0 Å². The number of morpholine rings is 1. The van der Waals surface area contributed by atoms with Crippen molar-refractivity contribution in [2.45, 2.75) is 12.5 Å². The van der Waals surface area contributed by atoms with Crippen molar-refractivity contribution < 1.29 is 23.8 Å². The molecule has 1 saturated heterocycles. The van der Waals surface area contributed by atoms with Crippen LogP contribution in [0, 0.1) is 5.82 Å². The molecule has 1 aliphatic heterocycles. The second-order valence-corrected chi connectivity index (χ2v) is 6.21. The number of aliphatic carboxylic acids is 1. The van der Waals surface area contributed by atoms with Crippen molar-refractivity contribution in [3.63, 3.8) is 0 Å². The minimum Gasteiger partial charge on any atom is -0.480 e. The maximum atomic E-state index is 13.3. The van der Waals surface area contributed by atoms with E-state index in [1.54, 1.807) is 17.5 Å². The van der Waals surface area contributed by atoms with Crippen molar-refractivity contribution in [2.75, 3.05) is 19.8 Å². The molecule has 6 nitrogen and oxygen atoms in total. The Bertz CT molecular complexity index is 764. The monoisotopic (exact) mass is 350 g/mol. The van der Waals surface area contributed by atoms with Gasteiger partial charge in [0.05, 0.1) is 25.3 Å². The standard InChI is InChI=1S/C16H15FN2O4S/c17-11-3-1-2-10(6-11)15-18-12(9-24-15)7-14(20)19-4-5-23-8-13(19)16(21)22/h1-3,6,9,13H,4-5,7-8H2,(H,21,22). The van der Waals surface area contributed by atoms with Crippen LogP contribution in [0.25, 0.3) is 10.6 Å². The number of hydrogen-bond acceptors (Lipinski definition) is 5. The van der Waals surface area contributed by atoms with Gasteiger partial charge in [-0.2, -0.15) is 0 Å². The number of aromatic nitrogens is 1. The highest BCUT2D eigenvalue weighted by Gasteiger charge is 2.32. The third-order valence-electron chi connectivity index (χ3n) is 3.69. The summed E-state index contributed by atoms with van der Waals surface area (Å²) in [6.45, 7) is 0.560. The molecule has 2 heterocycles. The third-order valence-corrected chi connectivity index (χ3v) is 4.63. The number of carboxylic acid groups (broad SMARTS) is 1. The van der Waals surface area contributed by atoms with Crippen LogP contribution >= 0.6 is 11.3 Å². The summed E-state index contributed by atoms with van der Waals surface area (Å²) in [5.74, 6) is -1.73. The molecule has 1 aromatic carbocycles. The van der Waals surface area contributed by atoms with Gasteiger partial charge in [0.25, 0.3) is 0 Å². The quantitative estimate of drug-likeness (QED) is 0.910. The Kier molecular flexibility index (Phi) is 4.86. The Hall–Kier alpha value is -2.32. The molecule has 0 bridgehead atoms. The lowest BCUT2D eigenvalue weighted by Gasteiger charge is -2.32. The fourth-order valence-electron chi connectivity index (χ4n) is 2.51. The van der Waals surface area contributed by atoms with Gasteiger partial charge in [0.1, 0.15) is 10.8 Å². The molecule has 126 valence electrons. The van der Waals surface area contributed by atoms with Crippen molar-refractivity contribution in [1.29, 1.82) is 0 Å². The van der Waals surface area contributed by atoms with Crippen LogP contribution in [0.3, 0.4) is 0 Å². The van der Waals surface area contributed by atoms with E-state index in [4.69, 9.17) is 4.74 Å². The first kappa shape index (κ1) is 16.5. The van der Waals surface area contributed by atoms with Crippen LogP contribution in [0.4, 0.5) is 4.39 Å². The van der Waals surface area contributed by atoms with Gasteiger partial charge in [-0.1, -0.05) is 12.1 Å². The van der Waals surface area contributed by atoms with Gasteiger partial charge in [0.15, 0.2) is 6.04 Å². The molecule has 1 N–H and O–H groups in total. The maximum absolute atomic E-state index is 13.3. The van der Waals surface area contributed by atoms with E-state index >= 15 is 0 Å². The lowest BCUT2D eigenvalue weighted by Crippen LogP contribution is -2.53. The van der Waals surface area contributed by atoms with E-state index in [-0.39, 0.29) is 31.3 Å². The molecule has 0 spiro atoms. The van der Waals surface area contributed by atoms with Gasteiger partial charge in [-0.25, -0.2) is 14.2 Å². The number of ether oxygens (including phenoxy) is 1. The number of hydrogen-bond donors (Lipinski definition) is 1. The van der Waals surface area contributed by atoms with Crippen molar-refractivity contribution in [1.82, 2.24) is 9.88 Å². The molecule has 1 atom stereocenters. The number of nitrogens with zero attached hydrogens (tertiary/aromatic N) is 2. The number of rotatable bonds is 4. The van der Waals surface area contributed by atoms with Crippen LogP contribution in [0.15, 0.2) is 29.6 Å². The Labute approximate surface area is 141 Å². The summed E-state index contributed by atoms with van der Waals surface area (Å²) < 4.78 is 18.4. The van der Waals surface area contributed by atoms with Gasteiger partial charge in [0.2, 0.25) is 5.91 Å². The normalized spacial score (nSPS) is 17.7. The summed E-state index contributed by atoms with van der Waals surface area (Å²) in [7, 11) is 0. The molecule has 2 aromatic rings. The van der Waals surface area contributed by atoms with E-state index in [0.29, 0.717) is 22.9 Å². The molecule has 1 fully saturated rings. The van der Waals surface area contributed by atoms with Gasteiger partial charge in [-0.05, 0) is 12.1 Å². The fourth-order valence-corrected chi connectivity index (χ4v) is 3.32. The third kappa shape index (κ3) is 3.60. The molecule has 0 aliphatic carbocycles. The van der Waals surface area contributed by atoms with Gasteiger partial charge in [0, 0.05) is 17.5 Å². The molecule has 0 radical (unpaired) electrons. The summed E-state index contributed by atoms with van der Waals surface area (Å²) >= 11 is 1.32. The summed E-state index contributed by atoms with van der Waals surface area (Å²) in [5.41, 5.74) is 1.19. The number of amides is 1. The SMILES string of the molecule is O=C(O)C1COCCN1C(=O)Cc1csc(-c2cccc(F)c2)n1. The lowest BCUT2D eigenvalue weighted by atomic mass is 10.2. The molecule has 1 unspecified atom stereocenters. The smallest absolute Gasteiger partial charge is 0.328 e. The minimum absolute atomic E-state index is 0.00726. The zero-order valence-corrected chi connectivity index (χ0v) is 13.5.